The molecule has 0 spiro atoms. The Bertz CT molecular complexity index is 1240. The largest absolute Gasteiger partial charge is 0.463 e. The van der Waals surface area contributed by atoms with Gasteiger partial charge in [0.1, 0.15) is 12.3 Å². The number of carbonyl (C=O) groups is 1. The quantitative estimate of drug-likeness (QED) is 0.178. The average Bonchev–Trinajstić information content (AvgIpc) is 3.66. The van der Waals surface area contributed by atoms with Gasteiger partial charge in [-0.05, 0) is 123 Å². The molecule has 1 aromatic rings. The average molecular weight is 638 g/mol. The fourth-order valence-electron chi connectivity index (χ4n) is 10.7. The summed E-state index contributed by atoms with van der Waals surface area (Å²) in [5.74, 6) is 4.60. The predicted octanol–water partition coefficient (Wildman–Crippen LogP) is 9.23. The summed E-state index contributed by atoms with van der Waals surface area (Å²) in [6.45, 7) is 17.4. The van der Waals surface area contributed by atoms with Crippen LogP contribution >= 0.6 is 0 Å². The van der Waals surface area contributed by atoms with Crippen LogP contribution in [-0.2, 0) is 25.6 Å². The van der Waals surface area contributed by atoms with Gasteiger partial charge in [0.2, 0.25) is 0 Å². The van der Waals surface area contributed by atoms with Crippen LogP contribution in [-0.4, -0.2) is 39.8 Å². The van der Waals surface area contributed by atoms with Crippen LogP contribution < -0.4 is 0 Å². The molecule has 7 heteroatoms. The van der Waals surface area contributed by atoms with Gasteiger partial charge in [-0.1, -0.05) is 70.7 Å². The molecule has 0 amide bonds. The Morgan fingerprint density at radius 3 is 2.65 bits per heavy atom. The van der Waals surface area contributed by atoms with E-state index in [1.54, 1.807) is 0 Å². The van der Waals surface area contributed by atoms with Crippen LogP contribution in [0, 0.1) is 46.3 Å². The lowest BCUT2D eigenvalue weighted by atomic mass is 9.48. The van der Waals surface area contributed by atoms with Crippen molar-refractivity contribution < 1.29 is 19.0 Å². The van der Waals surface area contributed by atoms with Crippen molar-refractivity contribution in [3.05, 3.63) is 23.0 Å². The van der Waals surface area contributed by atoms with E-state index >= 15 is 0 Å². The molecule has 0 N–H and O–H groups in total. The normalized spacial score (nSPS) is 37.4. The molecular weight excluding hydrogens is 574 g/mol. The van der Waals surface area contributed by atoms with Gasteiger partial charge in [-0.25, -0.2) is 4.68 Å². The van der Waals surface area contributed by atoms with Crippen molar-refractivity contribution in [1.29, 1.82) is 0 Å². The fourth-order valence-corrected chi connectivity index (χ4v) is 10.7. The highest BCUT2D eigenvalue weighted by Gasteiger charge is 2.55. The zero-order valence-electron chi connectivity index (χ0n) is 30.1. The second-order valence-corrected chi connectivity index (χ2v) is 17.0. The lowest BCUT2D eigenvalue weighted by molar-refractivity contribution is -0.155. The smallest absolute Gasteiger partial charge is 0.302 e. The fraction of sp³-hybridized carbons (Fsp3) is 0.872. The second kappa shape index (κ2) is 14.0. The first-order valence-electron chi connectivity index (χ1n) is 19.0. The minimum atomic E-state index is -0.268. The molecule has 6 rings (SSSR count). The number of esters is 1. The highest BCUT2D eigenvalue weighted by molar-refractivity contribution is 5.65. The van der Waals surface area contributed by atoms with E-state index in [1.165, 1.54) is 71.1 Å². The van der Waals surface area contributed by atoms with E-state index in [1.807, 2.05) is 22.0 Å². The van der Waals surface area contributed by atoms with Crippen molar-refractivity contribution in [3.63, 3.8) is 0 Å². The zero-order chi connectivity index (χ0) is 32.6. The molecule has 1 aromatic heterocycles. The van der Waals surface area contributed by atoms with Crippen molar-refractivity contribution in [3.8, 4) is 0 Å². The highest BCUT2D eigenvalue weighted by Crippen LogP contribution is 2.66. The van der Waals surface area contributed by atoms with Gasteiger partial charge in [-0.2, -0.15) is 0 Å². The first kappa shape index (κ1) is 34.1. The molecule has 0 unspecified atom stereocenters. The lowest BCUT2D eigenvalue weighted by Crippen LogP contribution is -2.48. The van der Waals surface area contributed by atoms with Crippen LogP contribution in [0.15, 0.2) is 17.3 Å². The second-order valence-electron chi connectivity index (χ2n) is 17.0. The summed E-state index contributed by atoms with van der Waals surface area (Å²) in [6.07, 6.45) is 19.4. The van der Waals surface area contributed by atoms with Crippen LogP contribution in [0.25, 0.3) is 0 Å². The van der Waals surface area contributed by atoms with E-state index < -0.39 is 0 Å². The molecule has 1 saturated heterocycles. The summed E-state index contributed by atoms with van der Waals surface area (Å²) in [5, 5.41) is 8.80. The van der Waals surface area contributed by atoms with E-state index in [4.69, 9.17) is 14.2 Å². The summed E-state index contributed by atoms with van der Waals surface area (Å²) in [5.41, 5.74) is 5.55. The van der Waals surface area contributed by atoms with Gasteiger partial charge >= 0.3 is 5.97 Å². The molecule has 4 fully saturated rings. The summed E-state index contributed by atoms with van der Waals surface area (Å²) in [6, 6.07) is 0. The van der Waals surface area contributed by atoms with Gasteiger partial charge in [0.25, 0.3) is 0 Å². The van der Waals surface area contributed by atoms with Crippen LogP contribution in [0.2, 0.25) is 0 Å². The number of hydrogen-bond acceptors (Lipinski definition) is 6. The molecule has 0 bridgehead atoms. The molecule has 4 aliphatic carbocycles. The Kier molecular flexibility index (Phi) is 10.4. The molecule has 5 aliphatic rings. The number of hydrogen-bond donors (Lipinski definition) is 0. The van der Waals surface area contributed by atoms with E-state index in [2.05, 4.69) is 51.9 Å². The maximum absolute atomic E-state index is 11.2. The molecule has 0 aromatic carbocycles. The Morgan fingerprint density at radius 2 is 1.87 bits per heavy atom. The molecule has 3 saturated carbocycles. The molecule has 0 radical (unpaired) electrons. The summed E-state index contributed by atoms with van der Waals surface area (Å²) >= 11 is 0. The Labute approximate surface area is 279 Å². The highest BCUT2D eigenvalue weighted by atomic mass is 16.6. The SMILES string of the molecule is CC(=O)OC[C@H]1CCC[C@H](n2cc(CO[C@H]3CC[C@@]4(C)[C@H](CCC5=C6CC[C@H]([C@H](C)CC[C@H](C)C(C)C)[C@@]6(C)CC[C@@H]54)C3)nn2)O1. The molecule has 7 nitrogen and oxygen atoms in total. The van der Waals surface area contributed by atoms with Crippen LogP contribution in [0.3, 0.4) is 0 Å². The van der Waals surface area contributed by atoms with Crippen molar-refractivity contribution in [2.24, 2.45) is 46.3 Å². The Morgan fingerprint density at radius 1 is 1.04 bits per heavy atom. The summed E-state index contributed by atoms with van der Waals surface area (Å²) < 4.78 is 19.7. The first-order chi connectivity index (χ1) is 22.0. The molecule has 258 valence electrons. The third-order valence-corrected chi connectivity index (χ3v) is 14.0. The Hall–Kier alpha value is -1.73. The predicted molar refractivity (Wildman–Crippen MR) is 181 cm³/mol. The van der Waals surface area contributed by atoms with Crippen LogP contribution in [0.1, 0.15) is 150 Å². The summed E-state index contributed by atoms with van der Waals surface area (Å²) in [7, 11) is 0. The summed E-state index contributed by atoms with van der Waals surface area (Å²) in [4.78, 5) is 11.2. The third-order valence-electron chi connectivity index (χ3n) is 14.0. The van der Waals surface area contributed by atoms with Gasteiger partial charge in [0, 0.05) is 6.92 Å². The van der Waals surface area contributed by atoms with Crippen molar-refractivity contribution in [2.75, 3.05) is 6.61 Å². The number of carbonyl (C=O) groups excluding carboxylic acids is 1. The number of ether oxygens (including phenoxy) is 3. The van der Waals surface area contributed by atoms with Gasteiger partial charge in [0.05, 0.1) is 25.0 Å². The van der Waals surface area contributed by atoms with Gasteiger partial charge in [0.15, 0.2) is 6.23 Å². The molecule has 1 aliphatic heterocycles. The van der Waals surface area contributed by atoms with E-state index in [0.717, 1.165) is 66.9 Å². The maximum Gasteiger partial charge on any atom is 0.302 e. The van der Waals surface area contributed by atoms with Crippen molar-refractivity contribution >= 4 is 5.97 Å². The minimum absolute atomic E-state index is 0.0881. The maximum atomic E-state index is 11.2. The first-order valence-corrected chi connectivity index (χ1v) is 19.0. The number of aromatic nitrogens is 3. The van der Waals surface area contributed by atoms with Crippen LogP contribution in [0.5, 0.6) is 0 Å². The molecule has 2 heterocycles. The number of fused-ring (bicyclic) bond motifs is 4. The molecule has 10 atom stereocenters. The van der Waals surface area contributed by atoms with Crippen molar-refractivity contribution in [2.45, 2.75) is 163 Å². The molecular formula is C39H63N3O4. The van der Waals surface area contributed by atoms with E-state index in [0.29, 0.717) is 30.1 Å². The van der Waals surface area contributed by atoms with Gasteiger partial charge < -0.3 is 14.2 Å². The van der Waals surface area contributed by atoms with Crippen LogP contribution in [0.4, 0.5) is 0 Å². The third kappa shape index (κ3) is 6.88. The van der Waals surface area contributed by atoms with E-state index in [9.17, 15) is 4.79 Å². The minimum Gasteiger partial charge on any atom is -0.463 e. The zero-order valence-corrected chi connectivity index (χ0v) is 30.1. The molecule has 46 heavy (non-hydrogen) atoms. The van der Waals surface area contributed by atoms with Gasteiger partial charge in [-0.15, -0.1) is 5.10 Å². The topological polar surface area (TPSA) is 75.5 Å². The van der Waals surface area contributed by atoms with E-state index in [-0.39, 0.29) is 18.3 Å². The lowest BCUT2D eigenvalue weighted by Gasteiger charge is -2.57. The van der Waals surface area contributed by atoms with Crippen molar-refractivity contribution in [1.82, 2.24) is 15.0 Å². The number of rotatable bonds is 11. The van der Waals surface area contributed by atoms with Gasteiger partial charge in [-0.3, -0.25) is 4.79 Å². The number of nitrogens with zero attached hydrogens (tertiary/aromatic N) is 3. The standard InChI is InChI=1S/C39H63N3O4/c1-25(2)26(3)11-12-27(4)34-15-16-35-33-14-13-29-21-31(17-19-38(29,6)36(33)18-20-39(34,35)7)45-23-30-22-42(41-40-30)37-10-8-9-32(46-37)24-44-28(5)43/h22,25-27,29,31-32,34,36-37H,8-21,23-24H2,1-7H3/t26-,27+,29+,31-,32+,34+,36-,37+,38-,39+/m0/s1. The Balaban J connectivity index is 1.03. The number of allylic oxidation sites excluding steroid dienone is 2. The monoisotopic (exact) mass is 637 g/mol.